The van der Waals surface area contributed by atoms with Gasteiger partial charge in [-0.15, -0.1) is 6.58 Å². The predicted molar refractivity (Wildman–Crippen MR) is 83.6 cm³/mol. The minimum absolute atomic E-state index is 0.0519. The molecule has 1 N–H and O–H groups in total. The van der Waals surface area contributed by atoms with Gasteiger partial charge < -0.3 is 5.32 Å². The van der Waals surface area contributed by atoms with Gasteiger partial charge in [0.25, 0.3) is 0 Å². The van der Waals surface area contributed by atoms with E-state index in [2.05, 4.69) is 65.2 Å². The second-order valence-corrected chi connectivity index (χ2v) is 5.64. The highest BCUT2D eigenvalue weighted by Crippen LogP contribution is 2.19. The first kappa shape index (κ1) is 16.8. The zero-order chi connectivity index (χ0) is 14.2. The summed E-state index contributed by atoms with van der Waals surface area (Å²) in [5, 5.41) is 3.44. The van der Waals surface area contributed by atoms with E-state index in [1.807, 2.05) is 6.08 Å². The molecule has 0 bridgehead atoms. The molecule has 18 heavy (non-hydrogen) atoms. The maximum atomic E-state index is 4.15. The van der Waals surface area contributed by atoms with Crippen LogP contribution < -0.4 is 5.32 Å². The van der Waals surface area contributed by atoms with Gasteiger partial charge in [0, 0.05) is 11.2 Å². The highest BCUT2D eigenvalue weighted by atomic mass is 15.0. The van der Waals surface area contributed by atoms with E-state index in [1.165, 1.54) is 11.1 Å². The molecule has 0 aromatic rings. The van der Waals surface area contributed by atoms with Crippen molar-refractivity contribution in [3.8, 4) is 0 Å². The van der Waals surface area contributed by atoms with Crippen molar-refractivity contribution in [1.29, 1.82) is 0 Å². The van der Waals surface area contributed by atoms with E-state index in [4.69, 9.17) is 0 Å². The van der Waals surface area contributed by atoms with Crippen LogP contribution in [0.2, 0.25) is 0 Å². The van der Waals surface area contributed by atoms with E-state index in [1.54, 1.807) is 0 Å². The Kier molecular flexibility index (Phi) is 7.42. The van der Waals surface area contributed by atoms with Crippen molar-refractivity contribution in [3.05, 3.63) is 48.2 Å². The van der Waals surface area contributed by atoms with Gasteiger partial charge in [0.2, 0.25) is 0 Å². The molecule has 0 spiro atoms. The van der Waals surface area contributed by atoms with Crippen LogP contribution in [0.3, 0.4) is 0 Å². The molecule has 0 aliphatic carbocycles. The van der Waals surface area contributed by atoms with Gasteiger partial charge in [-0.05, 0) is 58.1 Å². The van der Waals surface area contributed by atoms with E-state index in [-0.39, 0.29) is 5.54 Å². The van der Waals surface area contributed by atoms with E-state index < -0.39 is 0 Å². The van der Waals surface area contributed by atoms with Crippen LogP contribution in [0.5, 0.6) is 0 Å². The van der Waals surface area contributed by atoms with Crippen molar-refractivity contribution in [3.63, 3.8) is 0 Å². The molecular formula is C17H29N. The lowest BCUT2D eigenvalue weighted by Gasteiger charge is -2.25. The molecule has 1 nitrogen and oxygen atoms in total. The van der Waals surface area contributed by atoms with Crippen molar-refractivity contribution < 1.29 is 0 Å². The molecule has 0 atom stereocenters. The molecule has 0 aliphatic heterocycles. The fourth-order valence-corrected chi connectivity index (χ4v) is 1.65. The third-order valence-corrected chi connectivity index (χ3v) is 2.63. The van der Waals surface area contributed by atoms with Gasteiger partial charge in [-0.3, -0.25) is 0 Å². The van der Waals surface area contributed by atoms with Crippen LogP contribution in [0, 0.1) is 0 Å². The van der Waals surface area contributed by atoms with Crippen molar-refractivity contribution in [1.82, 2.24) is 5.32 Å². The zero-order valence-electron chi connectivity index (χ0n) is 12.8. The lowest BCUT2D eigenvalue weighted by atomic mass is 9.99. The highest BCUT2D eigenvalue weighted by Gasteiger charge is 2.12. The normalized spacial score (nSPS) is 13.4. The van der Waals surface area contributed by atoms with Crippen LogP contribution in [0.1, 0.15) is 53.9 Å². The van der Waals surface area contributed by atoms with Gasteiger partial charge in [0.1, 0.15) is 0 Å². The first-order valence-corrected chi connectivity index (χ1v) is 6.76. The van der Waals surface area contributed by atoms with Crippen molar-refractivity contribution in [2.75, 3.05) is 0 Å². The molecule has 1 heteroatoms. The number of rotatable bonds is 7. The van der Waals surface area contributed by atoms with Gasteiger partial charge in [0.15, 0.2) is 0 Å². The standard InChI is InChI=1S/C17H29N/c1-8-10-12-16(13-11-9-2)14(3)15(4)18-17(5,6)7/h8,11,13,18H,1,4,9-10,12H2,2-3,5-7H3/b13-11-,16-14+. The smallest absolute Gasteiger partial charge is 0.0303 e. The number of allylic oxidation sites excluding steroid dienone is 5. The van der Waals surface area contributed by atoms with Crippen LogP contribution in [-0.2, 0) is 0 Å². The Bertz CT molecular complexity index is 337. The summed E-state index contributed by atoms with van der Waals surface area (Å²) in [6.07, 6.45) is 9.47. The minimum atomic E-state index is 0.0519. The second kappa shape index (κ2) is 7.97. The maximum absolute atomic E-state index is 4.15. The van der Waals surface area contributed by atoms with Crippen LogP contribution in [0.25, 0.3) is 0 Å². The molecule has 0 aromatic carbocycles. The monoisotopic (exact) mass is 247 g/mol. The molecule has 0 radical (unpaired) electrons. The molecule has 0 unspecified atom stereocenters. The van der Waals surface area contributed by atoms with Gasteiger partial charge in [-0.1, -0.05) is 31.7 Å². The summed E-state index contributed by atoms with van der Waals surface area (Å²) >= 11 is 0. The molecule has 0 saturated heterocycles. The summed E-state index contributed by atoms with van der Waals surface area (Å²) in [6.45, 7) is 18.7. The molecule has 0 aliphatic rings. The minimum Gasteiger partial charge on any atom is -0.381 e. The molecule has 0 heterocycles. The molecule has 102 valence electrons. The van der Waals surface area contributed by atoms with Crippen molar-refractivity contribution >= 4 is 0 Å². The van der Waals surface area contributed by atoms with Gasteiger partial charge in [0.05, 0.1) is 0 Å². The lowest BCUT2D eigenvalue weighted by molar-refractivity contribution is 0.477. The van der Waals surface area contributed by atoms with Gasteiger partial charge in [-0.25, -0.2) is 0 Å². The first-order valence-electron chi connectivity index (χ1n) is 6.76. The van der Waals surface area contributed by atoms with Gasteiger partial charge >= 0.3 is 0 Å². The van der Waals surface area contributed by atoms with E-state index in [0.29, 0.717) is 0 Å². The molecule has 0 amide bonds. The van der Waals surface area contributed by atoms with E-state index in [9.17, 15) is 0 Å². The third-order valence-electron chi connectivity index (χ3n) is 2.63. The fraction of sp³-hybridized carbons (Fsp3) is 0.529. The Labute approximate surface area is 113 Å². The van der Waals surface area contributed by atoms with Crippen LogP contribution >= 0.6 is 0 Å². The van der Waals surface area contributed by atoms with Crippen LogP contribution in [0.4, 0.5) is 0 Å². The average Bonchev–Trinajstić information content (AvgIpc) is 2.26. The number of nitrogens with one attached hydrogen (secondary N) is 1. The Morgan fingerprint density at radius 2 is 1.89 bits per heavy atom. The Balaban J connectivity index is 4.99. The summed E-state index contributed by atoms with van der Waals surface area (Å²) in [6, 6.07) is 0. The van der Waals surface area contributed by atoms with E-state index >= 15 is 0 Å². The van der Waals surface area contributed by atoms with Crippen LogP contribution in [-0.4, -0.2) is 5.54 Å². The second-order valence-electron chi connectivity index (χ2n) is 5.64. The van der Waals surface area contributed by atoms with Gasteiger partial charge in [-0.2, -0.15) is 0 Å². The summed E-state index contributed by atoms with van der Waals surface area (Å²) in [7, 11) is 0. The summed E-state index contributed by atoms with van der Waals surface area (Å²) in [5.74, 6) is 0. The van der Waals surface area contributed by atoms with Crippen LogP contribution in [0.15, 0.2) is 48.2 Å². The lowest BCUT2D eigenvalue weighted by Crippen LogP contribution is -2.35. The molecule has 0 aromatic heterocycles. The largest absolute Gasteiger partial charge is 0.381 e. The quantitative estimate of drug-likeness (QED) is 0.485. The fourth-order valence-electron chi connectivity index (χ4n) is 1.65. The van der Waals surface area contributed by atoms with Crippen molar-refractivity contribution in [2.24, 2.45) is 0 Å². The predicted octanol–water partition coefficient (Wildman–Crippen LogP) is 5.14. The Hall–Kier alpha value is -1.24. The number of hydrogen-bond donors (Lipinski definition) is 1. The topological polar surface area (TPSA) is 12.0 Å². The zero-order valence-corrected chi connectivity index (χ0v) is 12.8. The highest BCUT2D eigenvalue weighted by molar-refractivity contribution is 5.37. The summed E-state index contributed by atoms with van der Waals surface area (Å²) in [4.78, 5) is 0. The molecule has 0 saturated carbocycles. The first-order chi connectivity index (χ1) is 8.31. The molecule has 0 fully saturated rings. The summed E-state index contributed by atoms with van der Waals surface area (Å²) < 4.78 is 0. The summed E-state index contributed by atoms with van der Waals surface area (Å²) in [5.41, 5.74) is 3.66. The number of hydrogen-bond acceptors (Lipinski definition) is 1. The molecule has 0 rings (SSSR count). The Morgan fingerprint density at radius 3 is 2.33 bits per heavy atom. The Morgan fingerprint density at radius 1 is 1.28 bits per heavy atom. The average molecular weight is 247 g/mol. The molecular weight excluding hydrogens is 218 g/mol. The third kappa shape index (κ3) is 7.16. The maximum Gasteiger partial charge on any atom is 0.0303 e. The SMILES string of the molecule is C=CCCC(/C=C\CC)=C(/C)C(=C)NC(C)(C)C. The van der Waals surface area contributed by atoms with E-state index in [0.717, 1.165) is 25.0 Å². The van der Waals surface area contributed by atoms with Crippen molar-refractivity contribution in [2.45, 2.75) is 59.4 Å².